The predicted molar refractivity (Wildman–Crippen MR) is 81.0 cm³/mol. The fraction of sp³-hybridized carbons (Fsp3) is 0.357. The van der Waals surface area contributed by atoms with Gasteiger partial charge in [0.1, 0.15) is 0 Å². The highest BCUT2D eigenvalue weighted by molar-refractivity contribution is 6.30. The highest BCUT2D eigenvalue weighted by Crippen LogP contribution is 2.19. The third-order valence-corrected chi connectivity index (χ3v) is 2.81. The van der Waals surface area contributed by atoms with Crippen LogP contribution in [0.5, 0.6) is 0 Å². The SMILES string of the molecule is CCC(=O)NN=C(C)CC(=O)Nc1ccc(Cl)cc1C. The number of carbonyl (C=O) groups is 2. The van der Waals surface area contributed by atoms with E-state index in [9.17, 15) is 9.59 Å². The first kappa shape index (κ1) is 16.2. The van der Waals surface area contributed by atoms with Crippen LogP contribution in [0.3, 0.4) is 0 Å². The lowest BCUT2D eigenvalue weighted by molar-refractivity contribution is -0.121. The Morgan fingerprint density at radius 2 is 2.00 bits per heavy atom. The maximum Gasteiger partial charge on any atom is 0.239 e. The second kappa shape index (κ2) is 7.65. The second-order valence-electron chi connectivity index (χ2n) is 4.42. The molecule has 0 unspecified atom stereocenters. The Kier molecular flexibility index (Phi) is 6.18. The monoisotopic (exact) mass is 295 g/mol. The molecule has 0 saturated heterocycles. The zero-order valence-electron chi connectivity index (χ0n) is 11.8. The molecule has 6 heteroatoms. The largest absolute Gasteiger partial charge is 0.326 e. The summed E-state index contributed by atoms with van der Waals surface area (Å²) < 4.78 is 0. The average molecular weight is 296 g/mol. The van der Waals surface area contributed by atoms with Gasteiger partial charge in [0.2, 0.25) is 11.8 Å². The van der Waals surface area contributed by atoms with Crippen molar-refractivity contribution in [3.05, 3.63) is 28.8 Å². The Labute approximate surface area is 123 Å². The number of nitrogens with one attached hydrogen (secondary N) is 2. The van der Waals surface area contributed by atoms with Crippen molar-refractivity contribution >= 4 is 34.8 Å². The molecule has 0 aromatic heterocycles. The summed E-state index contributed by atoms with van der Waals surface area (Å²) in [5.41, 5.74) is 4.51. The van der Waals surface area contributed by atoms with E-state index in [4.69, 9.17) is 11.6 Å². The van der Waals surface area contributed by atoms with Crippen molar-refractivity contribution in [2.24, 2.45) is 5.10 Å². The van der Waals surface area contributed by atoms with Crippen molar-refractivity contribution in [1.82, 2.24) is 5.43 Å². The topological polar surface area (TPSA) is 70.6 Å². The maximum absolute atomic E-state index is 11.8. The van der Waals surface area contributed by atoms with Crippen molar-refractivity contribution in [2.75, 3.05) is 5.32 Å². The van der Waals surface area contributed by atoms with Crippen LogP contribution in [0.25, 0.3) is 0 Å². The Bertz CT molecular complexity index is 541. The number of halogens is 1. The van der Waals surface area contributed by atoms with Gasteiger partial charge in [-0.05, 0) is 37.6 Å². The van der Waals surface area contributed by atoms with Crippen LogP contribution >= 0.6 is 11.6 Å². The van der Waals surface area contributed by atoms with E-state index < -0.39 is 0 Å². The molecule has 1 aromatic carbocycles. The fourth-order valence-electron chi connectivity index (χ4n) is 1.47. The molecule has 0 aliphatic rings. The van der Waals surface area contributed by atoms with Crippen LogP contribution in [-0.2, 0) is 9.59 Å². The van der Waals surface area contributed by atoms with Crippen molar-refractivity contribution in [3.8, 4) is 0 Å². The highest BCUT2D eigenvalue weighted by Gasteiger charge is 2.07. The number of hydrogen-bond donors (Lipinski definition) is 2. The molecule has 0 atom stereocenters. The quantitative estimate of drug-likeness (QED) is 0.648. The smallest absolute Gasteiger partial charge is 0.239 e. The number of hydrazone groups is 1. The van der Waals surface area contributed by atoms with Gasteiger partial charge in [0.05, 0.1) is 6.42 Å². The predicted octanol–water partition coefficient (Wildman–Crippen LogP) is 2.88. The van der Waals surface area contributed by atoms with Crippen LogP contribution < -0.4 is 10.7 Å². The number of aryl methyl sites for hydroxylation is 1. The molecule has 0 aliphatic carbocycles. The molecule has 0 saturated carbocycles. The molecule has 0 spiro atoms. The van der Waals surface area contributed by atoms with Crippen molar-refractivity contribution in [2.45, 2.75) is 33.6 Å². The van der Waals surface area contributed by atoms with Gasteiger partial charge in [-0.15, -0.1) is 0 Å². The first-order valence-electron chi connectivity index (χ1n) is 6.30. The Balaban J connectivity index is 2.57. The van der Waals surface area contributed by atoms with Gasteiger partial charge < -0.3 is 5.32 Å². The minimum atomic E-state index is -0.192. The summed E-state index contributed by atoms with van der Waals surface area (Å²) in [6.45, 7) is 5.28. The van der Waals surface area contributed by atoms with Crippen molar-refractivity contribution in [3.63, 3.8) is 0 Å². The molecule has 2 amide bonds. The number of rotatable bonds is 5. The maximum atomic E-state index is 11.8. The minimum Gasteiger partial charge on any atom is -0.326 e. The first-order chi connectivity index (χ1) is 9.42. The second-order valence-corrected chi connectivity index (χ2v) is 4.86. The Hall–Kier alpha value is -1.88. The molecule has 0 aliphatic heterocycles. The molecular formula is C14H18ClN3O2. The first-order valence-corrected chi connectivity index (χ1v) is 6.68. The van der Waals surface area contributed by atoms with Gasteiger partial charge in [-0.1, -0.05) is 18.5 Å². The van der Waals surface area contributed by atoms with Gasteiger partial charge in [0, 0.05) is 22.8 Å². The molecule has 5 nitrogen and oxygen atoms in total. The van der Waals surface area contributed by atoms with E-state index in [0.717, 1.165) is 5.56 Å². The fourth-order valence-corrected chi connectivity index (χ4v) is 1.70. The third-order valence-electron chi connectivity index (χ3n) is 2.57. The van der Waals surface area contributed by atoms with Crippen molar-refractivity contribution < 1.29 is 9.59 Å². The molecule has 20 heavy (non-hydrogen) atoms. The van der Waals surface area contributed by atoms with Crippen molar-refractivity contribution in [1.29, 1.82) is 0 Å². The Morgan fingerprint density at radius 1 is 1.30 bits per heavy atom. The summed E-state index contributed by atoms with van der Waals surface area (Å²) in [6.07, 6.45) is 0.471. The number of hydrogen-bond acceptors (Lipinski definition) is 3. The van der Waals surface area contributed by atoms with Crippen LogP contribution in [0.4, 0.5) is 5.69 Å². The number of carbonyl (C=O) groups excluding carboxylic acids is 2. The van der Waals surface area contributed by atoms with E-state index in [1.807, 2.05) is 6.92 Å². The molecule has 1 aromatic rings. The van der Waals surface area contributed by atoms with Gasteiger partial charge in [-0.2, -0.15) is 5.10 Å². The number of benzene rings is 1. The zero-order chi connectivity index (χ0) is 15.1. The van der Waals surface area contributed by atoms with Crippen LogP contribution in [0.1, 0.15) is 32.3 Å². The standard InChI is InChI=1S/C14H18ClN3O2/c1-4-13(19)18-17-10(3)8-14(20)16-12-6-5-11(15)7-9(12)2/h5-7H,4,8H2,1-3H3,(H,16,20)(H,18,19). The van der Waals surface area contributed by atoms with Gasteiger partial charge in [-0.25, -0.2) is 5.43 Å². The average Bonchev–Trinajstić information content (AvgIpc) is 2.39. The third kappa shape index (κ3) is 5.40. The normalized spacial score (nSPS) is 11.1. The van der Waals surface area contributed by atoms with Gasteiger partial charge >= 0.3 is 0 Å². The van der Waals surface area contributed by atoms with Crippen LogP contribution in [-0.4, -0.2) is 17.5 Å². The molecule has 0 heterocycles. The molecule has 0 fully saturated rings. The lowest BCUT2D eigenvalue weighted by Gasteiger charge is -2.08. The van der Waals surface area contributed by atoms with E-state index in [1.165, 1.54) is 0 Å². The summed E-state index contributed by atoms with van der Waals surface area (Å²) in [5.74, 6) is -0.374. The number of anilines is 1. The van der Waals surface area contributed by atoms with E-state index >= 15 is 0 Å². The summed E-state index contributed by atoms with van der Waals surface area (Å²) >= 11 is 5.85. The van der Waals surface area contributed by atoms with Gasteiger partial charge in [-0.3, -0.25) is 9.59 Å². The summed E-state index contributed by atoms with van der Waals surface area (Å²) in [4.78, 5) is 22.9. The minimum absolute atomic E-state index is 0.117. The van der Waals surface area contributed by atoms with E-state index in [-0.39, 0.29) is 18.2 Å². The summed E-state index contributed by atoms with van der Waals surface area (Å²) in [6, 6.07) is 5.24. The van der Waals surface area contributed by atoms with Crippen LogP contribution in [0.2, 0.25) is 5.02 Å². The molecule has 1 rings (SSSR count). The highest BCUT2D eigenvalue weighted by atomic mass is 35.5. The van der Waals surface area contributed by atoms with E-state index in [2.05, 4.69) is 15.8 Å². The Morgan fingerprint density at radius 3 is 2.60 bits per heavy atom. The van der Waals surface area contributed by atoms with E-state index in [1.54, 1.807) is 32.0 Å². The zero-order valence-corrected chi connectivity index (χ0v) is 12.5. The van der Waals surface area contributed by atoms with Gasteiger partial charge in [0.15, 0.2) is 0 Å². The summed E-state index contributed by atoms with van der Waals surface area (Å²) in [5, 5.41) is 7.25. The molecule has 2 N–H and O–H groups in total. The molecule has 0 radical (unpaired) electrons. The number of amides is 2. The molecule has 0 bridgehead atoms. The van der Waals surface area contributed by atoms with Crippen LogP contribution in [0, 0.1) is 6.92 Å². The lowest BCUT2D eigenvalue weighted by atomic mass is 10.2. The van der Waals surface area contributed by atoms with Gasteiger partial charge in [0.25, 0.3) is 0 Å². The lowest BCUT2D eigenvalue weighted by Crippen LogP contribution is -2.20. The molecular weight excluding hydrogens is 278 g/mol. The van der Waals surface area contributed by atoms with E-state index in [0.29, 0.717) is 22.8 Å². The summed E-state index contributed by atoms with van der Waals surface area (Å²) in [7, 11) is 0. The molecule has 108 valence electrons. The van der Waals surface area contributed by atoms with Crippen LogP contribution in [0.15, 0.2) is 23.3 Å². The number of nitrogens with zero attached hydrogens (tertiary/aromatic N) is 1.